The van der Waals surface area contributed by atoms with Crippen LogP contribution < -0.4 is 0 Å². The van der Waals surface area contributed by atoms with E-state index in [-0.39, 0.29) is 17.4 Å². The molecule has 0 saturated carbocycles. The van der Waals surface area contributed by atoms with Gasteiger partial charge < -0.3 is 0 Å². The van der Waals surface area contributed by atoms with Crippen molar-refractivity contribution in [3.63, 3.8) is 0 Å². The topological polar surface area (TPSA) is 104 Å². The summed E-state index contributed by atoms with van der Waals surface area (Å²) in [5.41, 5.74) is 0. The summed E-state index contributed by atoms with van der Waals surface area (Å²) in [5, 5.41) is 0. The Kier molecular flexibility index (Phi) is 231. The van der Waals surface area contributed by atoms with Gasteiger partial charge in [0.05, 0.1) is 0 Å². The molecule has 0 spiro atoms. The first-order chi connectivity index (χ1) is 7.56. The number of hydrogen-bond acceptors (Lipinski definition) is 0. The maximum absolute atomic E-state index is 10.4. The fraction of sp³-hybridized carbons (Fsp3) is 0.143. The molecule has 0 rings (SSSR count). The number of halogens is 3. The van der Waals surface area contributed by atoms with E-state index in [1.807, 2.05) is 0 Å². The first kappa shape index (κ1) is 45.1. The molecule has 0 N–H and O–H groups in total. The molecular formula is C7CrF3NO5. The van der Waals surface area contributed by atoms with Gasteiger partial charge in [0.1, 0.15) is 0 Å². The molecule has 0 aromatic heterocycles. The molecule has 0 bridgehead atoms. The second-order valence-corrected chi connectivity index (χ2v) is 0.580. The van der Waals surface area contributed by atoms with Crippen molar-refractivity contribution in [2.24, 2.45) is 0 Å². The summed E-state index contributed by atoms with van der Waals surface area (Å²) in [6.45, 7) is 27.9. The van der Waals surface area contributed by atoms with Gasteiger partial charge in [0.25, 0.3) is 0 Å². The zero-order valence-corrected chi connectivity index (χ0v) is 8.81. The third-order valence-electron chi connectivity index (χ3n) is 0.127. The van der Waals surface area contributed by atoms with Crippen molar-refractivity contribution in [1.29, 1.82) is 0 Å². The number of rotatable bonds is 0. The summed E-state index contributed by atoms with van der Waals surface area (Å²) in [6.07, 6.45) is -4.67. The van der Waals surface area contributed by atoms with Crippen LogP contribution in [0.3, 0.4) is 0 Å². The van der Waals surface area contributed by atoms with Crippen molar-refractivity contribution in [2.45, 2.75) is 6.30 Å². The van der Waals surface area contributed by atoms with Crippen LogP contribution in [0.1, 0.15) is 0 Å². The van der Waals surface area contributed by atoms with Crippen LogP contribution in [0, 0.1) is 39.8 Å². The smallest absolute Gasteiger partial charge is 0 e. The summed E-state index contributed by atoms with van der Waals surface area (Å²) in [6, 6.07) is 0. The number of hydrogen-bond donors (Lipinski definition) is 0. The molecule has 17 heavy (non-hydrogen) atoms. The SMILES string of the molecule is [C-]#[N+]C(F)(F)F.[C-]#[O+].[C-]#[O+].[C-]#[O+].[C-]#[O+].[C-]#[O+].[Cr]. The molecule has 0 aromatic carbocycles. The van der Waals surface area contributed by atoms with Crippen LogP contribution in [-0.4, -0.2) is 6.30 Å². The largest absolute Gasteiger partial charge is 0 e. The predicted octanol–water partition coefficient (Wildman–Crippen LogP) is 1.24. The fourth-order valence-corrected chi connectivity index (χ4v) is 0. The van der Waals surface area contributed by atoms with Gasteiger partial charge in [-0.1, -0.05) is 13.2 Å². The van der Waals surface area contributed by atoms with Crippen molar-refractivity contribution >= 4 is 0 Å². The van der Waals surface area contributed by atoms with Gasteiger partial charge in [0.15, 0.2) is 0 Å². The van der Waals surface area contributed by atoms with Crippen molar-refractivity contribution in [3.8, 4) is 0 Å². The molecule has 0 aromatic rings. The maximum atomic E-state index is 10.4. The van der Waals surface area contributed by atoms with Gasteiger partial charge in [-0.2, -0.15) is 0 Å². The van der Waals surface area contributed by atoms with Crippen molar-refractivity contribution in [1.82, 2.24) is 0 Å². The van der Waals surface area contributed by atoms with Crippen LogP contribution >= 0.6 is 0 Å². The third-order valence-corrected chi connectivity index (χ3v) is 0.127. The van der Waals surface area contributed by atoms with Gasteiger partial charge in [-0.15, -0.1) is 0 Å². The zero-order chi connectivity index (χ0) is 15.2. The van der Waals surface area contributed by atoms with E-state index >= 15 is 0 Å². The Balaban J connectivity index is -0.0000000158. The Morgan fingerprint density at radius 2 is 0.706 bits per heavy atom. The first-order valence-corrected chi connectivity index (χ1v) is 2.03. The zero-order valence-electron chi connectivity index (χ0n) is 7.53. The number of nitrogens with zero attached hydrogens (tertiary/aromatic N) is 1. The molecule has 0 aliphatic rings. The average Bonchev–Trinajstić information content (AvgIpc) is 2.40. The van der Waals surface area contributed by atoms with Crippen molar-refractivity contribution in [2.75, 3.05) is 0 Å². The van der Waals surface area contributed by atoms with Gasteiger partial charge in [-0.25, -0.2) is 11.4 Å². The average molecular weight is 287 g/mol. The van der Waals surface area contributed by atoms with E-state index in [0.717, 1.165) is 0 Å². The summed E-state index contributed by atoms with van der Waals surface area (Å²) in [4.78, 5) is 1.27. The van der Waals surface area contributed by atoms with E-state index in [1.54, 1.807) is 0 Å². The molecule has 0 saturated heterocycles. The first-order valence-electron chi connectivity index (χ1n) is 2.03. The maximum Gasteiger partial charge on any atom is 0 e. The molecule has 0 aliphatic carbocycles. The van der Waals surface area contributed by atoms with Gasteiger partial charge in [-0.3, -0.25) is 0 Å². The third kappa shape index (κ3) is 993. The van der Waals surface area contributed by atoms with Crippen molar-refractivity contribution in [3.05, 3.63) is 44.7 Å². The molecule has 0 fully saturated rings. The van der Waals surface area contributed by atoms with Gasteiger partial charge in [0, 0.05) is 17.4 Å². The minimum atomic E-state index is -4.67. The molecule has 6 nitrogen and oxygen atoms in total. The molecule has 0 heterocycles. The van der Waals surface area contributed by atoms with Crippen LogP contribution in [0.15, 0.2) is 0 Å². The number of alkyl halides is 3. The minimum Gasteiger partial charge on any atom is 0 e. The Bertz CT molecular complexity index is 213. The molecule has 10 heteroatoms. The van der Waals surface area contributed by atoms with Crippen LogP contribution in [-0.2, 0) is 40.6 Å². The second-order valence-electron chi connectivity index (χ2n) is 0.580. The van der Waals surface area contributed by atoms with Gasteiger partial charge >= 0.3 is 62.8 Å². The molecule has 0 aliphatic heterocycles. The summed E-state index contributed by atoms with van der Waals surface area (Å²) in [7, 11) is 0. The molecule has 90 valence electrons. The van der Waals surface area contributed by atoms with Crippen molar-refractivity contribution < 1.29 is 53.8 Å². The molecule has 0 amide bonds. The van der Waals surface area contributed by atoms with Crippen LogP contribution in [0.4, 0.5) is 13.2 Å². The van der Waals surface area contributed by atoms with Crippen LogP contribution in [0.25, 0.3) is 4.85 Å². The van der Waals surface area contributed by atoms with E-state index in [2.05, 4.69) is 33.3 Å². The molecule has 0 radical (unpaired) electrons. The Hall–Kier alpha value is -1.49. The summed E-state index contributed by atoms with van der Waals surface area (Å²) in [5.74, 6) is 0. The van der Waals surface area contributed by atoms with E-state index in [4.69, 9.17) is 29.8 Å². The Morgan fingerprint density at radius 1 is 0.647 bits per heavy atom. The predicted molar refractivity (Wildman–Crippen MR) is 32.3 cm³/mol. The summed E-state index contributed by atoms with van der Waals surface area (Å²) < 4.78 is 68.8. The van der Waals surface area contributed by atoms with Gasteiger partial charge in [-0.05, 0) is 0 Å². The minimum absolute atomic E-state index is 0. The van der Waals surface area contributed by atoms with E-state index in [0.29, 0.717) is 0 Å². The Labute approximate surface area is 105 Å². The van der Waals surface area contributed by atoms with Gasteiger partial charge in [0.2, 0.25) is 0 Å². The monoisotopic (exact) mass is 287 g/mol. The fourth-order valence-electron chi connectivity index (χ4n) is 0. The van der Waals surface area contributed by atoms with E-state index < -0.39 is 6.30 Å². The van der Waals surface area contributed by atoms with E-state index in [1.165, 1.54) is 4.85 Å². The Morgan fingerprint density at radius 3 is 0.706 bits per heavy atom. The van der Waals surface area contributed by atoms with E-state index in [9.17, 15) is 13.2 Å². The van der Waals surface area contributed by atoms with Crippen LogP contribution in [0.2, 0.25) is 0 Å². The summed E-state index contributed by atoms with van der Waals surface area (Å²) >= 11 is 0. The van der Waals surface area contributed by atoms with Crippen LogP contribution in [0.5, 0.6) is 0 Å². The molecule has 0 atom stereocenters. The molecular weight excluding hydrogens is 287 g/mol. The quantitative estimate of drug-likeness (QED) is 0.363. The second kappa shape index (κ2) is 87.2. The normalized spacial score (nSPS) is 4.24. The standard InChI is InChI=1S/C2F3N.5CO.Cr/c1-6-2(3,4)5;5*1-2;. The molecule has 0 unspecified atom stereocenters.